The molecule has 1 heterocycles. The van der Waals surface area contributed by atoms with Gasteiger partial charge in [-0.05, 0) is 47.7 Å². The first kappa shape index (κ1) is 10.0. The molecule has 1 aromatic rings. The standard InChI is InChI=1S/C10H12INO2/c1-14-9-5-6(11)4-7(10(9)13)8-2-3-12-8/h4-5,8,12-13H,2-3H2,1H3/t8-/m1/s1. The third kappa shape index (κ3) is 1.68. The van der Waals surface area contributed by atoms with Gasteiger partial charge in [0.1, 0.15) is 0 Å². The minimum atomic E-state index is 0.269. The molecule has 2 rings (SSSR count). The van der Waals surface area contributed by atoms with Gasteiger partial charge < -0.3 is 15.2 Å². The van der Waals surface area contributed by atoms with E-state index in [0.29, 0.717) is 11.8 Å². The van der Waals surface area contributed by atoms with Crippen molar-refractivity contribution in [1.29, 1.82) is 0 Å². The summed E-state index contributed by atoms with van der Waals surface area (Å²) >= 11 is 2.23. The van der Waals surface area contributed by atoms with E-state index in [4.69, 9.17) is 4.74 Å². The third-order valence-electron chi connectivity index (χ3n) is 2.49. The summed E-state index contributed by atoms with van der Waals surface area (Å²) in [6, 6.07) is 4.12. The summed E-state index contributed by atoms with van der Waals surface area (Å²) in [5.41, 5.74) is 0.944. The summed E-state index contributed by atoms with van der Waals surface area (Å²) in [6.45, 7) is 1.03. The summed E-state index contributed by atoms with van der Waals surface area (Å²) in [5, 5.41) is 13.1. The van der Waals surface area contributed by atoms with E-state index in [9.17, 15) is 5.11 Å². The van der Waals surface area contributed by atoms with Gasteiger partial charge in [0, 0.05) is 15.2 Å². The number of methoxy groups -OCH3 is 1. The zero-order valence-electron chi connectivity index (χ0n) is 7.88. The van der Waals surface area contributed by atoms with Crippen LogP contribution in [0.2, 0.25) is 0 Å². The molecule has 1 saturated heterocycles. The van der Waals surface area contributed by atoms with Gasteiger partial charge in [0.05, 0.1) is 7.11 Å². The smallest absolute Gasteiger partial charge is 0.162 e. The van der Waals surface area contributed by atoms with Crippen LogP contribution in [-0.4, -0.2) is 18.8 Å². The molecule has 0 aliphatic carbocycles. The Morgan fingerprint density at radius 2 is 2.29 bits per heavy atom. The Kier molecular flexibility index (Phi) is 2.83. The van der Waals surface area contributed by atoms with E-state index in [0.717, 1.165) is 22.1 Å². The summed E-state index contributed by atoms with van der Waals surface area (Å²) in [5.74, 6) is 0.825. The number of phenolic OH excluding ortho intramolecular Hbond substituents is 1. The molecule has 14 heavy (non-hydrogen) atoms. The Morgan fingerprint density at radius 3 is 2.79 bits per heavy atom. The van der Waals surface area contributed by atoms with Gasteiger partial charge in [0.25, 0.3) is 0 Å². The molecule has 0 radical (unpaired) electrons. The summed E-state index contributed by atoms with van der Waals surface area (Å²) in [6.07, 6.45) is 1.08. The molecule has 0 spiro atoms. The molecule has 0 saturated carbocycles. The first-order chi connectivity index (χ1) is 6.72. The summed E-state index contributed by atoms with van der Waals surface area (Å²) in [7, 11) is 1.57. The molecule has 2 N–H and O–H groups in total. The van der Waals surface area contributed by atoms with E-state index in [1.807, 2.05) is 12.1 Å². The lowest BCUT2D eigenvalue weighted by Crippen LogP contribution is -2.35. The fourth-order valence-corrected chi connectivity index (χ4v) is 2.19. The molecular formula is C10H12INO2. The van der Waals surface area contributed by atoms with Crippen molar-refractivity contribution in [3.8, 4) is 11.5 Å². The third-order valence-corrected chi connectivity index (χ3v) is 3.11. The molecule has 0 unspecified atom stereocenters. The minimum Gasteiger partial charge on any atom is -0.504 e. The van der Waals surface area contributed by atoms with Gasteiger partial charge in [-0.2, -0.15) is 0 Å². The zero-order chi connectivity index (χ0) is 10.1. The number of rotatable bonds is 2. The van der Waals surface area contributed by atoms with Crippen LogP contribution in [0.4, 0.5) is 0 Å². The fraction of sp³-hybridized carbons (Fsp3) is 0.400. The Bertz CT molecular complexity index is 350. The highest BCUT2D eigenvalue weighted by Crippen LogP contribution is 2.38. The highest BCUT2D eigenvalue weighted by Gasteiger charge is 2.23. The van der Waals surface area contributed by atoms with Crippen molar-refractivity contribution in [2.45, 2.75) is 12.5 Å². The maximum absolute atomic E-state index is 9.88. The number of nitrogens with one attached hydrogen (secondary N) is 1. The number of phenols is 1. The number of benzene rings is 1. The van der Waals surface area contributed by atoms with E-state index < -0.39 is 0 Å². The quantitative estimate of drug-likeness (QED) is 0.822. The molecule has 1 aliphatic heterocycles. The Morgan fingerprint density at radius 1 is 1.57 bits per heavy atom. The van der Waals surface area contributed by atoms with Gasteiger partial charge in [-0.1, -0.05) is 0 Å². The molecule has 0 aromatic heterocycles. The van der Waals surface area contributed by atoms with Crippen molar-refractivity contribution in [1.82, 2.24) is 5.32 Å². The average Bonchev–Trinajstić information content (AvgIpc) is 2.07. The van der Waals surface area contributed by atoms with Crippen molar-refractivity contribution in [3.63, 3.8) is 0 Å². The van der Waals surface area contributed by atoms with Gasteiger partial charge in [0.15, 0.2) is 11.5 Å². The largest absolute Gasteiger partial charge is 0.504 e. The van der Waals surface area contributed by atoms with Crippen LogP contribution in [0, 0.1) is 3.57 Å². The topological polar surface area (TPSA) is 41.5 Å². The van der Waals surface area contributed by atoms with Crippen molar-refractivity contribution < 1.29 is 9.84 Å². The Labute approximate surface area is 96.6 Å². The zero-order valence-corrected chi connectivity index (χ0v) is 10.0. The van der Waals surface area contributed by atoms with E-state index in [2.05, 4.69) is 27.9 Å². The minimum absolute atomic E-state index is 0.269. The highest BCUT2D eigenvalue weighted by atomic mass is 127. The predicted octanol–water partition coefficient (Wildman–Crippen LogP) is 2.04. The maximum atomic E-state index is 9.88. The average molecular weight is 305 g/mol. The number of halogens is 1. The Balaban J connectivity index is 2.41. The monoisotopic (exact) mass is 305 g/mol. The molecule has 0 amide bonds. The van der Waals surface area contributed by atoms with Crippen LogP contribution < -0.4 is 10.1 Å². The lowest BCUT2D eigenvalue weighted by molar-refractivity contribution is 0.341. The maximum Gasteiger partial charge on any atom is 0.162 e. The SMILES string of the molecule is COc1cc(I)cc([C@H]2CCN2)c1O. The van der Waals surface area contributed by atoms with E-state index in [-0.39, 0.29) is 5.75 Å². The van der Waals surface area contributed by atoms with Gasteiger partial charge in [0.2, 0.25) is 0 Å². The van der Waals surface area contributed by atoms with E-state index in [1.165, 1.54) is 0 Å². The fourth-order valence-electron chi connectivity index (χ4n) is 1.57. The molecule has 3 nitrogen and oxygen atoms in total. The number of hydrogen-bond donors (Lipinski definition) is 2. The second-order valence-corrected chi connectivity index (χ2v) is 4.59. The van der Waals surface area contributed by atoms with Gasteiger partial charge >= 0.3 is 0 Å². The van der Waals surface area contributed by atoms with Crippen molar-refractivity contribution >= 4 is 22.6 Å². The Hall–Kier alpha value is -0.490. The van der Waals surface area contributed by atoms with Crippen LogP contribution in [0.1, 0.15) is 18.0 Å². The van der Waals surface area contributed by atoms with Gasteiger partial charge in [-0.25, -0.2) is 0 Å². The first-order valence-electron chi connectivity index (χ1n) is 4.52. The molecule has 1 fully saturated rings. The van der Waals surface area contributed by atoms with Gasteiger partial charge in [-0.3, -0.25) is 0 Å². The van der Waals surface area contributed by atoms with Crippen LogP contribution in [0.5, 0.6) is 11.5 Å². The van der Waals surface area contributed by atoms with Crippen LogP contribution in [0.25, 0.3) is 0 Å². The van der Waals surface area contributed by atoms with Crippen LogP contribution in [0.15, 0.2) is 12.1 Å². The van der Waals surface area contributed by atoms with Crippen molar-refractivity contribution in [2.24, 2.45) is 0 Å². The van der Waals surface area contributed by atoms with Crippen molar-refractivity contribution in [2.75, 3.05) is 13.7 Å². The molecular weight excluding hydrogens is 293 g/mol. The summed E-state index contributed by atoms with van der Waals surface area (Å²) in [4.78, 5) is 0. The molecule has 1 atom stereocenters. The second-order valence-electron chi connectivity index (χ2n) is 3.34. The normalized spacial score (nSPS) is 20.3. The van der Waals surface area contributed by atoms with E-state index >= 15 is 0 Å². The molecule has 1 aliphatic rings. The van der Waals surface area contributed by atoms with Crippen LogP contribution >= 0.6 is 22.6 Å². The predicted molar refractivity (Wildman–Crippen MR) is 62.7 cm³/mol. The molecule has 0 bridgehead atoms. The van der Waals surface area contributed by atoms with Crippen LogP contribution in [0.3, 0.4) is 0 Å². The lowest BCUT2D eigenvalue weighted by Gasteiger charge is -2.29. The molecule has 76 valence electrons. The number of ether oxygens (including phenoxy) is 1. The second kappa shape index (κ2) is 3.94. The van der Waals surface area contributed by atoms with E-state index in [1.54, 1.807) is 7.11 Å². The number of hydrogen-bond acceptors (Lipinski definition) is 3. The highest BCUT2D eigenvalue weighted by molar-refractivity contribution is 14.1. The van der Waals surface area contributed by atoms with Crippen molar-refractivity contribution in [3.05, 3.63) is 21.3 Å². The summed E-state index contributed by atoms with van der Waals surface area (Å²) < 4.78 is 6.19. The number of aromatic hydroxyl groups is 1. The molecule has 4 heteroatoms. The molecule has 1 aromatic carbocycles. The van der Waals surface area contributed by atoms with Crippen LogP contribution in [-0.2, 0) is 0 Å². The first-order valence-corrected chi connectivity index (χ1v) is 5.60. The lowest BCUT2D eigenvalue weighted by atomic mass is 9.97. The van der Waals surface area contributed by atoms with Gasteiger partial charge in [-0.15, -0.1) is 0 Å².